The van der Waals surface area contributed by atoms with Gasteiger partial charge >= 0.3 is 0 Å². The van der Waals surface area contributed by atoms with Gasteiger partial charge in [0.25, 0.3) is 0 Å². The first-order chi connectivity index (χ1) is 8.58. The molecule has 0 aliphatic carbocycles. The predicted molar refractivity (Wildman–Crippen MR) is 75.0 cm³/mol. The van der Waals surface area contributed by atoms with Gasteiger partial charge in [-0.05, 0) is 27.2 Å². The Labute approximate surface area is 112 Å². The fraction of sp³-hybridized carbons (Fsp3) is 0.462. The number of hydrogen-bond donors (Lipinski definition) is 1. The molecule has 0 spiro atoms. The first-order valence-corrected chi connectivity index (χ1v) is 6.99. The Kier molecular flexibility index (Phi) is 3.91. The van der Waals surface area contributed by atoms with Gasteiger partial charge in [-0.1, -0.05) is 6.92 Å². The van der Waals surface area contributed by atoms with Gasteiger partial charge in [0.15, 0.2) is 0 Å². The van der Waals surface area contributed by atoms with Crippen molar-refractivity contribution in [3.63, 3.8) is 0 Å². The monoisotopic (exact) mass is 262 g/mol. The molecule has 2 aromatic rings. The molecule has 2 aromatic heterocycles. The van der Waals surface area contributed by atoms with Crippen LogP contribution in [0, 0.1) is 13.8 Å². The Balaban J connectivity index is 2.12. The van der Waals surface area contributed by atoms with Crippen LogP contribution in [-0.2, 0) is 6.42 Å². The van der Waals surface area contributed by atoms with Crippen LogP contribution in [0.5, 0.6) is 0 Å². The number of aryl methyl sites for hydroxylation is 3. The molecule has 1 unspecified atom stereocenters. The lowest BCUT2D eigenvalue weighted by Gasteiger charge is -2.12. The van der Waals surface area contributed by atoms with Gasteiger partial charge in [-0.2, -0.15) is 0 Å². The molecule has 0 saturated heterocycles. The van der Waals surface area contributed by atoms with Crippen LogP contribution in [0.4, 0.5) is 5.82 Å². The zero-order valence-corrected chi connectivity index (χ0v) is 12.0. The fourth-order valence-corrected chi connectivity index (χ4v) is 2.67. The van der Waals surface area contributed by atoms with Crippen LogP contribution >= 0.6 is 11.3 Å². The Bertz CT molecular complexity index is 515. The smallest absolute Gasteiger partial charge is 0.130 e. The van der Waals surface area contributed by atoms with E-state index in [1.807, 2.05) is 19.9 Å². The van der Waals surface area contributed by atoms with E-state index in [2.05, 4.69) is 39.5 Å². The van der Waals surface area contributed by atoms with E-state index in [0.717, 1.165) is 34.5 Å². The maximum absolute atomic E-state index is 4.58. The van der Waals surface area contributed by atoms with Crippen LogP contribution < -0.4 is 5.32 Å². The fourth-order valence-electron chi connectivity index (χ4n) is 1.76. The van der Waals surface area contributed by atoms with Crippen molar-refractivity contribution in [2.24, 2.45) is 0 Å². The molecule has 0 fully saturated rings. The van der Waals surface area contributed by atoms with E-state index in [9.17, 15) is 0 Å². The summed E-state index contributed by atoms with van der Waals surface area (Å²) in [5.41, 5.74) is 2.13. The third kappa shape index (κ3) is 3.04. The molecular formula is C13H18N4S. The Hall–Kier alpha value is -1.49. The van der Waals surface area contributed by atoms with Gasteiger partial charge in [0.2, 0.25) is 0 Å². The first-order valence-electron chi connectivity index (χ1n) is 6.11. The van der Waals surface area contributed by atoms with E-state index < -0.39 is 0 Å². The minimum absolute atomic E-state index is 0.170. The number of nitrogens with zero attached hydrogens (tertiary/aromatic N) is 3. The molecule has 5 heteroatoms. The molecule has 0 amide bonds. The summed E-state index contributed by atoms with van der Waals surface area (Å²) in [7, 11) is 0. The minimum atomic E-state index is 0.170. The van der Waals surface area contributed by atoms with Crippen molar-refractivity contribution in [3.05, 3.63) is 33.7 Å². The van der Waals surface area contributed by atoms with Crippen LogP contribution in [0.15, 0.2) is 11.4 Å². The number of thiazole rings is 1. The molecule has 2 rings (SSSR count). The summed E-state index contributed by atoms with van der Waals surface area (Å²) >= 11 is 1.69. The van der Waals surface area contributed by atoms with Crippen molar-refractivity contribution < 1.29 is 0 Å². The highest BCUT2D eigenvalue weighted by Crippen LogP contribution is 2.22. The van der Waals surface area contributed by atoms with E-state index in [0.29, 0.717) is 0 Å². The second kappa shape index (κ2) is 5.44. The highest BCUT2D eigenvalue weighted by molar-refractivity contribution is 7.09. The molecule has 0 aliphatic heterocycles. The maximum atomic E-state index is 4.58. The third-order valence-corrected chi connectivity index (χ3v) is 3.71. The predicted octanol–water partition coefficient (Wildman–Crippen LogP) is 3.29. The molecule has 4 nitrogen and oxygen atoms in total. The summed E-state index contributed by atoms with van der Waals surface area (Å²) in [5.74, 6) is 1.65. The molecule has 96 valence electrons. The number of rotatable bonds is 4. The van der Waals surface area contributed by atoms with Gasteiger partial charge in [-0.3, -0.25) is 0 Å². The van der Waals surface area contributed by atoms with Crippen LogP contribution in [0.1, 0.15) is 42.1 Å². The Morgan fingerprint density at radius 1 is 1.28 bits per heavy atom. The van der Waals surface area contributed by atoms with Crippen LogP contribution in [0.2, 0.25) is 0 Å². The number of anilines is 1. The lowest BCUT2D eigenvalue weighted by Crippen LogP contribution is -2.09. The summed E-state index contributed by atoms with van der Waals surface area (Å²) in [6, 6.07) is 2.13. The molecule has 1 atom stereocenters. The Morgan fingerprint density at radius 2 is 2.06 bits per heavy atom. The summed E-state index contributed by atoms with van der Waals surface area (Å²) in [5, 5.41) is 6.59. The number of nitrogens with one attached hydrogen (secondary N) is 1. The van der Waals surface area contributed by atoms with Crippen LogP contribution in [0.3, 0.4) is 0 Å². The maximum Gasteiger partial charge on any atom is 0.130 e. The van der Waals surface area contributed by atoms with E-state index in [1.165, 1.54) is 0 Å². The van der Waals surface area contributed by atoms with Crippen molar-refractivity contribution in [2.45, 2.75) is 40.2 Å². The SMILES string of the molecule is CCc1csc(C(C)Nc2cc(C)nc(C)n2)n1. The summed E-state index contributed by atoms with van der Waals surface area (Å²) < 4.78 is 0. The van der Waals surface area contributed by atoms with E-state index in [4.69, 9.17) is 0 Å². The zero-order chi connectivity index (χ0) is 13.1. The quantitative estimate of drug-likeness (QED) is 0.918. The third-order valence-electron chi connectivity index (χ3n) is 2.63. The number of aromatic nitrogens is 3. The summed E-state index contributed by atoms with van der Waals surface area (Å²) in [4.78, 5) is 13.2. The molecule has 1 N–H and O–H groups in total. The van der Waals surface area contributed by atoms with Gasteiger partial charge in [0, 0.05) is 17.1 Å². The number of hydrogen-bond acceptors (Lipinski definition) is 5. The highest BCUT2D eigenvalue weighted by atomic mass is 32.1. The lowest BCUT2D eigenvalue weighted by atomic mass is 10.3. The van der Waals surface area contributed by atoms with E-state index in [-0.39, 0.29) is 6.04 Å². The second-order valence-corrected chi connectivity index (χ2v) is 5.23. The summed E-state index contributed by atoms with van der Waals surface area (Å²) in [6.45, 7) is 8.10. The largest absolute Gasteiger partial charge is 0.361 e. The van der Waals surface area contributed by atoms with Crippen molar-refractivity contribution in [1.29, 1.82) is 0 Å². The molecule has 18 heavy (non-hydrogen) atoms. The van der Waals surface area contributed by atoms with Gasteiger partial charge in [0.05, 0.1) is 11.7 Å². The van der Waals surface area contributed by atoms with Crippen LogP contribution in [0.25, 0.3) is 0 Å². The minimum Gasteiger partial charge on any atom is -0.361 e. The molecule has 0 aromatic carbocycles. The van der Waals surface area contributed by atoms with Crippen LogP contribution in [-0.4, -0.2) is 15.0 Å². The molecule has 0 aliphatic rings. The van der Waals surface area contributed by atoms with Gasteiger partial charge in [0.1, 0.15) is 16.6 Å². The van der Waals surface area contributed by atoms with Crippen molar-refractivity contribution in [2.75, 3.05) is 5.32 Å². The molecule has 2 heterocycles. The average Bonchev–Trinajstić information content (AvgIpc) is 2.75. The second-order valence-electron chi connectivity index (χ2n) is 4.34. The Morgan fingerprint density at radius 3 is 2.67 bits per heavy atom. The molecule has 0 bridgehead atoms. The molecule has 0 radical (unpaired) electrons. The topological polar surface area (TPSA) is 50.7 Å². The van der Waals surface area contributed by atoms with Crippen molar-refractivity contribution in [3.8, 4) is 0 Å². The van der Waals surface area contributed by atoms with Crippen molar-refractivity contribution >= 4 is 17.2 Å². The zero-order valence-electron chi connectivity index (χ0n) is 11.2. The normalized spacial score (nSPS) is 12.4. The van der Waals surface area contributed by atoms with Crippen molar-refractivity contribution in [1.82, 2.24) is 15.0 Å². The average molecular weight is 262 g/mol. The first kappa shape index (κ1) is 13.0. The summed E-state index contributed by atoms with van der Waals surface area (Å²) in [6.07, 6.45) is 0.981. The van der Waals surface area contributed by atoms with Gasteiger partial charge in [-0.25, -0.2) is 15.0 Å². The highest BCUT2D eigenvalue weighted by Gasteiger charge is 2.11. The standard InChI is InChI=1S/C13H18N4S/c1-5-11-7-18-13(17-11)9(3)15-12-6-8(2)14-10(4)16-12/h6-7,9H,5H2,1-4H3,(H,14,15,16). The molecular weight excluding hydrogens is 244 g/mol. The lowest BCUT2D eigenvalue weighted by molar-refractivity contribution is 0.841. The van der Waals surface area contributed by atoms with Gasteiger partial charge in [-0.15, -0.1) is 11.3 Å². The van der Waals surface area contributed by atoms with E-state index >= 15 is 0 Å². The van der Waals surface area contributed by atoms with Gasteiger partial charge < -0.3 is 5.32 Å². The van der Waals surface area contributed by atoms with E-state index in [1.54, 1.807) is 11.3 Å². The molecule has 0 saturated carbocycles.